The van der Waals surface area contributed by atoms with Crippen molar-refractivity contribution in [2.45, 2.75) is 41.2 Å². The number of hydrogen-bond acceptors (Lipinski definition) is 0. The molecule has 2 rings (SSSR count). The fraction of sp³-hybridized carbons (Fsp3) is 1.00. The zero-order chi connectivity index (χ0) is 14.6. The number of fused-ring (bicyclic) bond motifs is 2. The normalized spacial score (nSPS) is 50.5. The summed E-state index contributed by atoms with van der Waals surface area (Å²) in [7, 11) is 0. The van der Waals surface area contributed by atoms with Crippen molar-refractivity contribution in [3.05, 3.63) is 0 Å². The summed E-state index contributed by atoms with van der Waals surface area (Å²) in [5, 5.41) is 0. The van der Waals surface area contributed by atoms with E-state index in [4.69, 9.17) is 0 Å². The average molecular weight is 294 g/mol. The van der Waals surface area contributed by atoms with Crippen molar-refractivity contribution in [3.8, 4) is 0 Å². The monoisotopic (exact) mass is 294 g/mol. The lowest BCUT2D eigenvalue weighted by Crippen LogP contribution is -2.74. The summed E-state index contributed by atoms with van der Waals surface area (Å²) in [6, 6.07) is 0. The summed E-state index contributed by atoms with van der Waals surface area (Å²) >= 11 is 0. The summed E-state index contributed by atoms with van der Waals surface area (Å²) in [6.07, 6.45) is -5.07. The molecule has 0 unspecified atom stereocenters. The van der Waals surface area contributed by atoms with Gasteiger partial charge in [-0.2, -0.15) is 35.1 Å². The van der Waals surface area contributed by atoms with Crippen LogP contribution in [0.3, 0.4) is 0 Å². The van der Waals surface area contributed by atoms with Crippen LogP contribution in [0, 0.1) is 0 Å². The zero-order valence-corrected chi connectivity index (χ0v) is 7.73. The maximum Gasteiger partial charge on any atom is 0.356 e. The molecule has 0 spiro atoms. The lowest BCUT2D eigenvalue weighted by atomic mass is 9.83. The molecule has 0 aromatic heterocycles. The van der Waals surface area contributed by atoms with E-state index in [1.165, 1.54) is 0 Å². The van der Waals surface area contributed by atoms with Gasteiger partial charge in [0.15, 0.2) is 6.17 Å². The van der Waals surface area contributed by atoms with Crippen molar-refractivity contribution >= 4 is 0 Å². The Balaban J connectivity index is 2.88. The molecular formula is C7HF11. The van der Waals surface area contributed by atoms with E-state index in [1.807, 2.05) is 0 Å². The minimum absolute atomic E-state index is 5.07. The Morgan fingerprint density at radius 1 is 0.444 bits per heavy atom. The van der Waals surface area contributed by atoms with Gasteiger partial charge in [-0.25, -0.2) is 13.2 Å². The maximum atomic E-state index is 13.2. The average Bonchev–Trinajstić information content (AvgIpc) is 2.34. The lowest BCUT2D eigenvalue weighted by molar-refractivity contribution is -0.401. The minimum atomic E-state index is -6.61. The first kappa shape index (κ1) is 13.7. The van der Waals surface area contributed by atoms with Gasteiger partial charge < -0.3 is 0 Å². The van der Waals surface area contributed by atoms with E-state index in [0.29, 0.717) is 0 Å². The van der Waals surface area contributed by atoms with Crippen LogP contribution in [0.15, 0.2) is 0 Å². The molecule has 0 amide bonds. The van der Waals surface area contributed by atoms with E-state index in [0.717, 1.165) is 0 Å². The Bertz CT molecular complexity index is 344. The molecule has 2 fully saturated rings. The molecule has 2 aliphatic rings. The molecule has 0 nitrogen and oxygen atoms in total. The van der Waals surface area contributed by atoms with Gasteiger partial charge in [0.25, 0.3) is 11.3 Å². The van der Waals surface area contributed by atoms with Gasteiger partial charge in [-0.05, 0) is 0 Å². The molecular weight excluding hydrogens is 293 g/mol. The molecule has 18 heavy (non-hydrogen) atoms. The van der Waals surface area contributed by atoms with Gasteiger partial charge in [0, 0.05) is 0 Å². The fourth-order valence-electron chi connectivity index (χ4n) is 2.22. The number of halogens is 11. The van der Waals surface area contributed by atoms with E-state index in [2.05, 4.69) is 0 Å². The van der Waals surface area contributed by atoms with Crippen molar-refractivity contribution in [2.24, 2.45) is 0 Å². The Morgan fingerprint density at radius 3 is 0.722 bits per heavy atom. The van der Waals surface area contributed by atoms with Crippen molar-refractivity contribution in [2.75, 3.05) is 0 Å². The second kappa shape index (κ2) is 2.58. The topological polar surface area (TPSA) is 0 Å². The van der Waals surface area contributed by atoms with Crippen LogP contribution in [-0.2, 0) is 0 Å². The lowest BCUT2D eigenvalue weighted by Gasteiger charge is -2.43. The molecule has 106 valence electrons. The highest BCUT2D eigenvalue weighted by molar-refractivity contribution is 5.42. The third-order valence-corrected chi connectivity index (χ3v) is 3.31. The van der Waals surface area contributed by atoms with Gasteiger partial charge in [-0.15, -0.1) is 0 Å². The van der Waals surface area contributed by atoms with Crippen LogP contribution >= 0.6 is 0 Å². The number of hydrogen-bond donors (Lipinski definition) is 0. The first-order chi connectivity index (χ1) is 7.65. The van der Waals surface area contributed by atoms with Gasteiger partial charge in [-0.1, -0.05) is 0 Å². The Labute approximate surface area is 90.7 Å². The SMILES string of the molecule is FC1C2(F)C(F)(F)C(F)(F)C1(F)C(F)(F)C2(F)F. The van der Waals surface area contributed by atoms with Crippen molar-refractivity contribution in [3.63, 3.8) is 0 Å². The summed E-state index contributed by atoms with van der Waals surface area (Å²) in [6.45, 7) is 0. The fourth-order valence-corrected chi connectivity index (χ4v) is 2.22. The van der Waals surface area contributed by atoms with Gasteiger partial charge in [-0.3, -0.25) is 0 Å². The molecule has 0 radical (unpaired) electrons. The molecule has 0 N–H and O–H groups in total. The first-order valence-electron chi connectivity index (χ1n) is 4.19. The smallest absolute Gasteiger partial charge is 0.239 e. The van der Waals surface area contributed by atoms with E-state index in [-0.39, 0.29) is 0 Å². The molecule has 0 heterocycles. The van der Waals surface area contributed by atoms with Crippen molar-refractivity contribution < 1.29 is 48.3 Å². The van der Waals surface area contributed by atoms with Crippen LogP contribution in [0.2, 0.25) is 0 Å². The standard InChI is InChI=1S/C7HF11/c8-1-2(9)4(11,12)6(15,16)3(1,10)7(17,18)5(2,13)14/h1H. The van der Waals surface area contributed by atoms with Crippen molar-refractivity contribution in [1.82, 2.24) is 0 Å². The third kappa shape index (κ3) is 0.725. The quantitative estimate of drug-likeness (QED) is 0.601. The van der Waals surface area contributed by atoms with E-state index in [1.54, 1.807) is 0 Å². The molecule has 2 bridgehead atoms. The largest absolute Gasteiger partial charge is 0.356 e. The highest BCUT2D eigenvalue weighted by Crippen LogP contribution is 2.79. The summed E-state index contributed by atoms with van der Waals surface area (Å²) in [4.78, 5) is 0. The molecule has 0 aromatic rings. The minimum Gasteiger partial charge on any atom is -0.239 e. The highest BCUT2D eigenvalue weighted by Gasteiger charge is 3.11. The molecule has 0 aromatic carbocycles. The van der Waals surface area contributed by atoms with Crippen LogP contribution in [0.1, 0.15) is 0 Å². The second-order valence-corrected chi connectivity index (χ2v) is 4.08. The van der Waals surface area contributed by atoms with Crippen LogP contribution in [0.4, 0.5) is 48.3 Å². The molecule has 11 heteroatoms. The van der Waals surface area contributed by atoms with Crippen LogP contribution in [0.5, 0.6) is 0 Å². The Hall–Kier alpha value is -0.770. The summed E-state index contributed by atoms with van der Waals surface area (Å²) in [5.41, 5.74) is -12.6. The van der Waals surface area contributed by atoms with Gasteiger partial charge >= 0.3 is 23.7 Å². The number of alkyl halides is 11. The molecule has 0 saturated heterocycles. The molecule has 0 atom stereocenters. The van der Waals surface area contributed by atoms with E-state index >= 15 is 0 Å². The Morgan fingerprint density at radius 2 is 0.611 bits per heavy atom. The summed E-state index contributed by atoms with van der Waals surface area (Å²) < 4.78 is 141. The predicted molar refractivity (Wildman–Crippen MR) is 32.4 cm³/mol. The van der Waals surface area contributed by atoms with Crippen LogP contribution < -0.4 is 0 Å². The van der Waals surface area contributed by atoms with Gasteiger partial charge in [0.05, 0.1) is 0 Å². The van der Waals surface area contributed by atoms with Gasteiger partial charge in [0.2, 0.25) is 0 Å². The van der Waals surface area contributed by atoms with Crippen LogP contribution in [-0.4, -0.2) is 41.2 Å². The Kier molecular flexibility index (Phi) is 1.95. The third-order valence-electron chi connectivity index (χ3n) is 3.31. The predicted octanol–water partition coefficient (Wildman–Crippen LogP) is 3.31. The summed E-state index contributed by atoms with van der Waals surface area (Å²) in [5.74, 6) is -26.4. The molecule has 0 aliphatic heterocycles. The second-order valence-electron chi connectivity index (χ2n) is 4.08. The van der Waals surface area contributed by atoms with E-state index < -0.39 is 41.2 Å². The maximum absolute atomic E-state index is 13.2. The van der Waals surface area contributed by atoms with Gasteiger partial charge in [0.1, 0.15) is 0 Å². The van der Waals surface area contributed by atoms with Crippen LogP contribution in [0.25, 0.3) is 0 Å². The zero-order valence-electron chi connectivity index (χ0n) is 7.73. The number of rotatable bonds is 0. The molecule has 2 saturated carbocycles. The highest BCUT2D eigenvalue weighted by atomic mass is 19.4. The first-order valence-corrected chi connectivity index (χ1v) is 4.19. The molecule has 2 aliphatic carbocycles. The van der Waals surface area contributed by atoms with Crippen molar-refractivity contribution in [1.29, 1.82) is 0 Å². The van der Waals surface area contributed by atoms with E-state index in [9.17, 15) is 48.3 Å².